The molecule has 9 heteroatoms. The quantitative estimate of drug-likeness (QED) is 0.565. The van der Waals surface area contributed by atoms with Gasteiger partial charge in [0.1, 0.15) is 11.8 Å². The van der Waals surface area contributed by atoms with Crippen LogP contribution in [0, 0.1) is 11.8 Å². The van der Waals surface area contributed by atoms with Crippen molar-refractivity contribution in [2.75, 3.05) is 25.5 Å². The Morgan fingerprint density at radius 2 is 1.79 bits per heavy atom. The number of anilines is 1. The number of methoxy groups -OCH3 is 1. The number of amides is 2. The van der Waals surface area contributed by atoms with E-state index in [0.29, 0.717) is 37.2 Å². The Bertz CT molecular complexity index is 1070. The smallest absolute Gasteiger partial charge is 0.247 e. The maximum absolute atomic E-state index is 13.1. The second-order valence-corrected chi connectivity index (χ2v) is 10.5. The van der Waals surface area contributed by atoms with Gasteiger partial charge in [-0.3, -0.25) is 9.59 Å². The fraction of sp³-hybridized carbons (Fsp3) is 0.440. The lowest BCUT2D eigenvalue weighted by atomic mass is 9.94. The summed E-state index contributed by atoms with van der Waals surface area (Å²) in [6.45, 7) is 4.30. The summed E-state index contributed by atoms with van der Waals surface area (Å²) in [5.74, 6) is -0.636. The van der Waals surface area contributed by atoms with E-state index in [1.165, 1.54) is 23.5 Å². The molecule has 184 valence electrons. The van der Waals surface area contributed by atoms with Gasteiger partial charge in [-0.1, -0.05) is 38.5 Å². The molecule has 0 spiro atoms. The van der Waals surface area contributed by atoms with Crippen molar-refractivity contribution in [3.05, 3.63) is 54.6 Å². The molecule has 1 heterocycles. The maximum Gasteiger partial charge on any atom is 0.247 e. The lowest BCUT2D eigenvalue weighted by molar-refractivity contribution is -0.131. The molecule has 34 heavy (non-hydrogen) atoms. The van der Waals surface area contributed by atoms with Gasteiger partial charge < -0.3 is 15.4 Å². The number of carbonyl (C=O) groups excluding carboxylic acids is 2. The minimum absolute atomic E-state index is 0.0771. The molecule has 8 nitrogen and oxygen atoms in total. The van der Waals surface area contributed by atoms with Crippen molar-refractivity contribution in [1.29, 1.82) is 0 Å². The molecule has 2 aromatic rings. The highest BCUT2D eigenvalue weighted by Gasteiger charge is 2.35. The van der Waals surface area contributed by atoms with Crippen LogP contribution in [0.15, 0.2) is 59.5 Å². The number of para-hydroxylation sites is 1. The van der Waals surface area contributed by atoms with Gasteiger partial charge in [0.2, 0.25) is 21.8 Å². The van der Waals surface area contributed by atoms with Gasteiger partial charge in [0.25, 0.3) is 0 Å². The number of carbonyl (C=O) groups is 2. The third kappa shape index (κ3) is 6.15. The first-order chi connectivity index (χ1) is 16.3. The molecule has 0 saturated carbocycles. The van der Waals surface area contributed by atoms with Gasteiger partial charge >= 0.3 is 0 Å². The fourth-order valence-electron chi connectivity index (χ4n) is 3.99. The van der Waals surface area contributed by atoms with Gasteiger partial charge in [-0.25, -0.2) is 8.42 Å². The molecule has 0 unspecified atom stereocenters. The van der Waals surface area contributed by atoms with Crippen LogP contribution in [0.4, 0.5) is 5.69 Å². The van der Waals surface area contributed by atoms with Crippen molar-refractivity contribution < 1.29 is 22.7 Å². The van der Waals surface area contributed by atoms with Gasteiger partial charge in [-0.15, -0.1) is 0 Å². The van der Waals surface area contributed by atoms with E-state index in [9.17, 15) is 18.0 Å². The normalized spacial score (nSPS) is 18.5. The van der Waals surface area contributed by atoms with Gasteiger partial charge in [0.05, 0.1) is 17.9 Å². The summed E-state index contributed by atoms with van der Waals surface area (Å²) < 4.78 is 32.7. The standard InChI is InChI=1S/C25H33N3O5S/c1-4-18(2)23(25(30)26-20-10-6-5-7-11-20)27-24(29)19-9-8-16-28(17-19)34(31,32)22-14-12-21(33-3)13-15-22/h5-7,10-15,18-19,23H,4,8-9,16-17H2,1-3H3,(H,26,30)(H,27,29)/t18-,19+,23-/m0/s1. The maximum atomic E-state index is 13.1. The minimum Gasteiger partial charge on any atom is -0.497 e. The van der Waals surface area contributed by atoms with E-state index in [2.05, 4.69) is 10.6 Å². The van der Waals surface area contributed by atoms with Gasteiger partial charge in [-0.05, 0) is 55.2 Å². The molecule has 0 aromatic heterocycles. The highest BCUT2D eigenvalue weighted by Crippen LogP contribution is 2.25. The van der Waals surface area contributed by atoms with Gasteiger partial charge in [-0.2, -0.15) is 4.31 Å². The van der Waals surface area contributed by atoms with Crippen molar-refractivity contribution in [3.63, 3.8) is 0 Å². The summed E-state index contributed by atoms with van der Waals surface area (Å²) in [4.78, 5) is 26.3. The number of piperidine rings is 1. The Kier molecular flexibility index (Phi) is 8.68. The van der Waals surface area contributed by atoms with E-state index >= 15 is 0 Å². The Hall–Kier alpha value is -2.91. The molecule has 3 rings (SSSR count). The summed E-state index contributed by atoms with van der Waals surface area (Å²) in [6, 6.07) is 14.6. The molecule has 0 aliphatic carbocycles. The van der Waals surface area contributed by atoms with Crippen LogP contribution in [0.1, 0.15) is 33.1 Å². The zero-order valence-corrected chi connectivity index (χ0v) is 20.7. The lowest BCUT2D eigenvalue weighted by Gasteiger charge is -2.33. The summed E-state index contributed by atoms with van der Waals surface area (Å²) in [6.07, 6.45) is 1.83. The van der Waals surface area contributed by atoms with Gasteiger partial charge in [0.15, 0.2) is 0 Å². The van der Waals surface area contributed by atoms with Crippen LogP contribution in [0.5, 0.6) is 5.75 Å². The van der Waals surface area contributed by atoms with Crippen LogP contribution in [0.3, 0.4) is 0 Å². The molecular weight excluding hydrogens is 454 g/mol. The third-order valence-corrected chi connectivity index (χ3v) is 8.17. The Morgan fingerprint density at radius 3 is 2.41 bits per heavy atom. The Balaban J connectivity index is 1.70. The topological polar surface area (TPSA) is 105 Å². The zero-order valence-electron chi connectivity index (χ0n) is 19.9. The van der Waals surface area contributed by atoms with Crippen LogP contribution in [-0.2, 0) is 19.6 Å². The summed E-state index contributed by atoms with van der Waals surface area (Å²) in [5.41, 5.74) is 0.657. The second kappa shape index (κ2) is 11.5. The number of hydrogen-bond acceptors (Lipinski definition) is 5. The van der Waals surface area contributed by atoms with Crippen molar-refractivity contribution >= 4 is 27.5 Å². The predicted octanol–water partition coefficient (Wildman–Crippen LogP) is 3.27. The van der Waals surface area contributed by atoms with Crippen LogP contribution >= 0.6 is 0 Å². The van der Waals surface area contributed by atoms with Gasteiger partial charge in [0, 0.05) is 18.8 Å². The van der Waals surface area contributed by atoms with E-state index in [-0.39, 0.29) is 29.2 Å². The number of nitrogens with zero attached hydrogens (tertiary/aromatic N) is 1. The Labute approximate surface area is 201 Å². The number of sulfonamides is 1. The molecule has 2 N–H and O–H groups in total. The number of nitrogens with one attached hydrogen (secondary N) is 2. The monoisotopic (exact) mass is 487 g/mol. The van der Waals surface area contributed by atoms with Crippen molar-refractivity contribution in [2.24, 2.45) is 11.8 Å². The minimum atomic E-state index is -3.74. The number of rotatable bonds is 9. The average molecular weight is 488 g/mol. The molecule has 3 atom stereocenters. The van der Waals surface area contributed by atoms with E-state index in [1.54, 1.807) is 24.3 Å². The lowest BCUT2D eigenvalue weighted by Crippen LogP contribution is -2.52. The Morgan fingerprint density at radius 1 is 1.12 bits per heavy atom. The highest BCUT2D eigenvalue weighted by atomic mass is 32.2. The first-order valence-electron chi connectivity index (χ1n) is 11.6. The van der Waals surface area contributed by atoms with Crippen LogP contribution in [-0.4, -0.2) is 50.8 Å². The van der Waals surface area contributed by atoms with Crippen molar-refractivity contribution in [1.82, 2.24) is 9.62 Å². The summed E-state index contributed by atoms with van der Waals surface area (Å²) in [7, 11) is -2.22. The highest BCUT2D eigenvalue weighted by molar-refractivity contribution is 7.89. The average Bonchev–Trinajstić information content (AvgIpc) is 2.87. The molecule has 0 radical (unpaired) electrons. The second-order valence-electron chi connectivity index (χ2n) is 8.60. The largest absolute Gasteiger partial charge is 0.497 e. The van der Waals surface area contributed by atoms with E-state index in [0.717, 1.165) is 0 Å². The van der Waals surface area contributed by atoms with Crippen molar-refractivity contribution in [2.45, 2.75) is 44.0 Å². The van der Waals surface area contributed by atoms with Crippen LogP contribution < -0.4 is 15.4 Å². The summed E-state index contributed by atoms with van der Waals surface area (Å²) >= 11 is 0. The van der Waals surface area contributed by atoms with Crippen molar-refractivity contribution in [3.8, 4) is 5.75 Å². The fourth-order valence-corrected chi connectivity index (χ4v) is 5.51. The SMILES string of the molecule is CC[C@H](C)[C@H](NC(=O)[C@@H]1CCCN(S(=O)(=O)c2ccc(OC)cc2)C1)C(=O)Nc1ccccc1. The predicted molar refractivity (Wildman–Crippen MR) is 131 cm³/mol. The third-order valence-electron chi connectivity index (χ3n) is 6.29. The molecule has 0 bridgehead atoms. The molecule has 1 fully saturated rings. The number of hydrogen-bond donors (Lipinski definition) is 2. The molecule has 1 aliphatic heterocycles. The zero-order chi connectivity index (χ0) is 24.7. The van der Waals surface area contributed by atoms with E-state index < -0.39 is 22.0 Å². The molecule has 2 amide bonds. The van der Waals surface area contributed by atoms with Crippen LogP contribution in [0.25, 0.3) is 0 Å². The molecule has 1 aliphatic rings. The van der Waals surface area contributed by atoms with E-state index in [1.807, 2.05) is 32.0 Å². The molecule has 2 aromatic carbocycles. The first-order valence-corrected chi connectivity index (χ1v) is 13.0. The van der Waals surface area contributed by atoms with E-state index in [4.69, 9.17) is 4.74 Å². The number of ether oxygens (including phenoxy) is 1. The summed E-state index contributed by atoms with van der Waals surface area (Å²) in [5, 5.41) is 5.75. The molecule has 1 saturated heterocycles. The van der Waals surface area contributed by atoms with Crippen LogP contribution in [0.2, 0.25) is 0 Å². The molecular formula is C25H33N3O5S. The number of benzene rings is 2. The first kappa shape index (κ1) is 25.7.